The van der Waals surface area contributed by atoms with Crippen molar-refractivity contribution in [2.24, 2.45) is 0 Å². The van der Waals surface area contributed by atoms with Crippen LogP contribution in [0.3, 0.4) is 0 Å². The quantitative estimate of drug-likeness (QED) is 0.158. The Kier molecular flexibility index (Phi) is 8.50. The van der Waals surface area contributed by atoms with Gasteiger partial charge in [0, 0.05) is 0 Å². The Morgan fingerprint density at radius 3 is 1.03 bits per heavy atom. The third kappa shape index (κ3) is 5.76. The van der Waals surface area contributed by atoms with Gasteiger partial charge in [-0.1, -0.05) is 152 Å². The molecule has 7 aromatic rings. The van der Waals surface area contributed by atoms with Gasteiger partial charge in [-0.15, -0.1) is 0 Å². The van der Waals surface area contributed by atoms with E-state index in [9.17, 15) is 0 Å². The van der Waals surface area contributed by atoms with Gasteiger partial charge in [0.2, 0.25) is 0 Å². The summed E-state index contributed by atoms with van der Waals surface area (Å²) in [5.74, 6) is 2.76. The fourth-order valence-corrected chi connectivity index (χ4v) is 10.6. The number of rotatable bonds is 3. The Morgan fingerprint density at radius 1 is 0.328 bits per heavy atom. The summed E-state index contributed by atoms with van der Waals surface area (Å²) in [6, 6.07) is 36.3. The van der Waals surface area contributed by atoms with E-state index in [0.717, 1.165) is 0 Å². The fourth-order valence-electron chi connectivity index (χ4n) is 10.6. The number of aryl methyl sites for hydroxylation is 6. The molecule has 7 aromatic carbocycles. The van der Waals surface area contributed by atoms with Crippen LogP contribution in [-0.4, -0.2) is 0 Å². The molecule has 0 unspecified atom stereocenters. The zero-order valence-corrected chi connectivity index (χ0v) is 37.7. The van der Waals surface area contributed by atoms with Crippen molar-refractivity contribution >= 4 is 21.5 Å². The molecular weight excluding hydrogens is 697 g/mol. The first-order chi connectivity index (χ1) is 27.1. The second kappa shape index (κ2) is 12.8. The van der Waals surface area contributed by atoms with Crippen LogP contribution in [0.5, 0.6) is 0 Å². The normalized spacial score (nSPS) is 14.3. The van der Waals surface area contributed by atoms with E-state index in [1.165, 1.54) is 139 Å². The smallest absolute Gasteiger partial charge is 0.0622 e. The second-order valence-corrected chi connectivity index (χ2v) is 21.0. The van der Waals surface area contributed by atoms with E-state index in [4.69, 9.17) is 0 Å². The molecule has 0 spiro atoms. The van der Waals surface area contributed by atoms with Crippen molar-refractivity contribution in [2.45, 2.75) is 120 Å². The minimum absolute atomic E-state index is 0.0636. The summed E-state index contributed by atoms with van der Waals surface area (Å²) in [4.78, 5) is 0. The van der Waals surface area contributed by atoms with Crippen molar-refractivity contribution in [3.05, 3.63) is 186 Å². The van der Waals surface area contributed by atoms with Crippen LogP contribution in [0.25, 0.3) is 43.8 Å². The molecule has 292 valence electrons. The van der Waals surface area contributed by atoms with Crippen molar-refractivity contribution in [2.75, 3.05) is 0 Å². The summed E-state index contributed by atoms with van der Waals surface area (Å²) in [6.07, 6.45) is 0. The molecule has 0 bridgehead atoms. The highest BCUT2D eigenvalue weighted by Crippen LogP contribution is 2.62. The van der Waals surface area contributed by atoms with E-state index in [2.05, 4.69) is 195 Å². The first-order valence-electron chi connectivity index (χ1n) is 21.4. The molecule has 0 heterocycles. The van der Waals surface area contributed by atoms with Gasteiger partial charge in [-0.25, -0.2) is 0 Å². The van der Waals surface area contributed by atoms with Gasteiger partial charge >= 0.3 is 0 Å². The zero-order chi connectivity index (χ0) is 41.5. The van der Waals surface area contributed by atoms with Crippen molar-refractivity contribution in [3.63, 3.8) is 0 Å². The maximum atomic E-state index is 2.59. The monoisotopic (exact) mass is 756 g/mol. The van der Waals surface area contributed by atoms with Gasteiger partial charge in [0.25, 0.3) is 0 Å². The summed E-state index contributed by atoms with van der Waals surface area (Å²) in [6.45, 7) is 35.3. The predicted octanol–water partition coefficient (Wildman–Crippen LogP) is 15.7. The van der Waals surface area contributed by atoms with Crippen LogP contribution < -0.4 is 0 Å². The molecule has 0 amide bonds. The van der Waals surface area contributed by atoms with E-state index in [1.807, 2.05) is 0 Å². The largest absolute Gasteiger partial charge is 0.0647 e. The van der Waals surface area contributed by atoms with Gasteiger partial charge in [-0.2, -0.15) is 0 Å². The Bertz CT molecular complexity index is 2660. The van der Waals surface area contributed by atoms with Gasteiger partial charge in [0.1, 0.15) is 0 Å². The van der Waals surface area contributed by atoms with Crippen LogP contribution in [0.1, 0.15) is 146 Å². The lowest BCUT2D eigenvalue weighted by molar-refractivity contribution is 0.589. The highest BCUT2D eigenvalue weighted by molar-refractivity contribution is 6.27. The summed E-state index contributed by atoms with van der Waals surface area (Å²) in [5.41, 5.74) is 25.6. The summed E-state index contributed by atoms with van der Waals surface area (Å²) in [5, 5.41) is 5.51. The molecule has 0 heteroatoms. The molecule has 0 aromatic heterocycles. The first kappa shape index (κ1) is 38.6. The third-order valence-corrected chi connectivity index (χ3v) is 13.3. The average Bonchev–Trinajstić information content (AvgIpc) is 3.11. The van der Waals surface area contributed by atoms with E-state index < -0.39 is 0 Å². The molecule has 0 aliphatic heterocycles. The Hall–Kier alpha value is -4.94. The molecule has 0 saturated heterocycles. The molecular formula is C58H60. The topological polar surface area (TPSA) is 0 Å². The maximum Gasteiger partial charge on any atom is 0.0647 e. The van der Waals surface area contributed by atoms with Crippen LogP contribution in [0.2, 0.25) is 0 Å². The van der Waals surface area contributed by atoms with Crippen molar-refractivity contribution in [1.82, 2.24) is 0 Å². The van der Waals surface area contributed by atoms with Gasteiger partial charge in [-0.3, -0.25) is 0 Å². The highest BCUT2D eigenvalue weighted by Gasteiger charge is 2.43. The van der Waals surface area contributed by atoms with Crippen LogP contribution in [0.15, 0.2) is 91.0 Å². The molecule has 58 heavy (non-hydrogen) atoms. The average molecular weight is 757 g/mol. The molecule has 0 saturated carbocycles. The molecule has 0 fully saturated rings. The van der Waals surface area contributed by atoms with Gasteiger partial charge in [-0.05, 0) is 186 Å². The molecule has 0 atom stereocenters. The fraction of sp³-hybridized carbons (Fsp3) is 0.310. The Labute approximate surface area is 348 Å². The first-order valence-corrected chi connectivity index (χ1v) is 21.4. The van der Waals surface area contributed by atoms with Gasteiger partial charge in [0.15, 0.2) is 0 Å². The molecule has 2 aliphatic rings. The van der Waals surface area contributed by atoms with Crippen LogP contribution in [0, 0.1) is 53.4 Å². The van der Waals surface area contributed by atoms with Gasteiger partial charge in [0.05, 0.1) is 11.8 Å². The lowest BCUT2D eigenvalue weighted by Crippen LogP contribution is -2.25. The zero-order valence-electron chi connectivity index (χ0n) is 37.7. The van der Waals surface area contributed by atoms with E-state index in [-0.39, 0.29) is 16.2 Å². The maximum absolute atomic E-state index is 2.59. The summed E-state index contributed by atoms with van der Waals surface area (Å²) in [7, 11) is 0. The van der Waals surface area contributed by atoms with Crippen molar-refractivity contribution in [1.29, 1.82) is 0 Å². The van der Waals surface area contributed by atoms with E-state index >= 15 is 0 Å². The van der Waals surface area contributed by atoms with E-state index in [1.54, 1.807) is 0 Å². The minimum Gasteiger partial charge on any atom is -0.0622 e. The van der Waals surface area contributed by atoms with Crippen LogP contribution in [0.4, 0.5) is 0 Å². The molecule has 0 N–H and O–H groups in total. The number of hydrogen-bond donors (Lipinski definition) is 0. The lowest BCUT2D eigenvalue weighted by atomic mass is 9.61. The van der Waals surface area contributed by atoms with Gasteiger partial charge < -0.3 is 0 Å². The van der Waals surface area contributed by atoms with Crippen LogP contribution >= 0.6 is 0 Å². The Balaban J connectivity index is 1.64. The third-order valence-electron chi connectivity index (χ3n) is 13.3. The van der Waals surface area contributed by atoms with Crippen molar-refractivity contribution in [3.8, 4) is 22.3 Å². The van der Waals surface area contributed by atoms with E-state index in [0.29, 0.717) is 0 Å². The Morgan fingerprint density at radius 2 is 0.672 bits per heavy atom. The summed E-state index contributed by atoms with van der Waals surface area (Å²) >= 11 is 0. The number of hydrogen-bond acceptors (Lipinski definition) is 0. The predicted molar refractivity (Wildman–Crippen MR) is 251 cm³/mol. The highest BCUT2D eigenvalue weighted by atomic mass is 14.4. The standard InChI is InChI=1S/C58H60/c1-31-21-33(3)47(34(4)22-31)50-43-27-38(56(7,8)9)25-41-49(37-19-17-16-18-20-37)42-26-39(57(10,11)12)28-44-51(48-35(5)23-32(2)24-36(48)6)46-30-40(58(13,14)15)29-45(50)54(46)55(52(41)43)53(42)44/h16-30H,1-15H3. The summed E-state index contributed by atoms with van der Waals surface area (Å²) < 4.78 is 0. The van der Waals surface area contributed by atoms with Crippen LogP contribution in [-0.2, 0) is 16.2 Å². The molecule has 2 radical (unpaired) electrons. The van der Waals surface area contributed by atoms with Crippen molar-refractivity contribution < 1.29 is 0 Å². The second-order valence-electron chi connectivity index (χ2n) is 21.0. The lowest BCUT2D eigenvalue weighted by Gasteiger charge is -2.41. The number of benzene rings is 7. The minimum atomic E-state index is -0.0701. The molecule has 0 nitrogen and oxygen atoms in total. The molecule has 9 rings (SSSR count). The molecule has 2 aliphatic carbocycles. The SMILES string of the molecule is Cc1cc(C)c([C]2c3cc(C(C)(C)C)cc4c3-c3c5c2cc(C(C)(C)C)cc5c(-c2ccccc2)c2cc(C(C)(C)C)cc(c32)[C]4c2c(C)cc(C)cc2C)c(C)c1.